The van der Waals surface area contributed by atoms with E-state index in [0.29, 0.717) is 30.4 Å². The summed E-state index contributed by atoms with van der Waals surface area (Å²) >= 11 is 0. The van der Waals surface area contributed by atoms with Crippen molar-refractivity contribution >= 4 is 35.3 Å². The largest absolute Gasteiger partial charge is 0.328 e. The second-order valence-electron chi connectivity index (χ2n) is 11.2. The van der Waals surface area contributed by atoms with Gasteiger partial charge < -0.3 is 10.6 Å². The van der Waals surface area contributed by atoms with Crippen molar-refractivity contribution in [3.63, 3.8) is 0 Å². The Morgan fingerprint density at radius 2 is 1.76 bits per heavy atom. The third-order valence-electron chi connectivity index (χ3n) is 8.32. The summed E-state index contributed by atoms with van der Waals surface area (Å²) < 4.78 is 28.3. The van der Waals surface area contributed by atoms with Gasteiger partial charge in [-0.25, -0.2) is 18.6 Å². The molecular formula is C30H27F2N5O4. The molecule has 3 aliphatic rings. The highest BCUT2D eigenvalue weighted by Gasteiger charge is 2.57. The number of anilines is 2. The maximum absolute atomic E-state index is 14.2. The molecule has 1 aromatic heterocycles. The van der Waals surface area contributed by atoms with Crippen LogP contribution in [0.4, 0.5) is 25.1 Å². The Morgan fingerprint density at radius 3 is 2.46 bits per heavy atom. The van der Waals surface area contributed by atoms with Crippen molar-refractivity contribution in [3.8, 4) is 0 Å². The number of imide groups is 1. The molecule has 1 aliphatic carbocycles. The lowest BCUT2D eigenvalue weighted by Crippen LogP contribution is -2.47. The fourth-order valence-corrected chi connectivity index (χ4v) is 6.24. The molecule has 2 aliphatic heterocycles. The van der Waals surface area contributed by atoms with Crippen molar-refractivity contribution in [1.29, 1.82) is 0 Å². The molecule has 6 rings (SSSR count). The minimum atomic E-state index is -1.80. The van der Waals surface area contributed by atoms with Gasteiger partial charge in [0.2, 0.25) is 11.8 Å². The molecule has 5 amide bonds. The number of nitrogens with zero attached hydrogens (tertiary/aromatic N) is 3. The number of urea groups is 1. The topological polar surface area (TPSA) is 112 Å². The van der Waals surface area contributed by atoms with Crippen molar-refractivity contribution in [3.05, 3.63) is 88.6 Å². The Labute approximate surface area is 234 Å². The highest BCUT2D eigenvalue weighted by molar-refractivity contribution is 6.09. The van der Waals surface area contributed by atoms with E-state index in [1.165, 1.54) is 6.92 Å². The molecular weight excluding hydrogens is 532 g/mol. The second kappa shape index (κ2) is 9.18. The Hall–Kier alpha value is -4.67. The Morgan fingerprint density at radius 1 is 1.05 bits per heavy atom. The van der Waals surface area contributed by atoms with Crippen LogP contribution in [0.2, 0.25) is 0 Å². The van der Waals surface area contributed by atoms with E-state index < -0.39 is 53.0 Å². The fourth-order valence-electron chi connectivity index (χ4n) is 6.24. The number of benzene rings is 2. The number of aromatic nitrogens is 1. The molecule has 1 fully saturated rings. The molecule has 2 atom stereocenters. The van der Waals surface area contributed by atoms with Crippen molar-refractivity contribution < 1.29 is 28.0 Å². The van der Waals surface area contributed by atoms with Gasteiger partial charge >= 0.3 is 6.03 Å². The molecule has 0 radical (unpaired) electrons. The van der Waals surface area contributed by atoms with Crippen molar-refractivity contribution in [2.24, 2.45) is 0 Å². The number of rotatable bonds is 5. The number of pyridine rings is 1. The third kappa shape index (κ3) is 3.98. The highest BCUT2D eigenvalue weighted by Crippen LogP contribution is 2.47. The summed E-state index contributed by atoms with van der Waals surface area (Å²) in [6, 6.07) is 10.4. The van der Waals surface area contributed by atoms with Gasteiger partial charge in [0.1, 0.15) is 29.5 Å². The number of amides is 5. The molecule has 1 spiro atoms. The van der Waals surface area contributed by atoms with Gasteiger partial charge in [-0.15, -0.1) is 0 Å². The maximum atomic E-state index is 14.2. The van der Waals surface area contributed by atoms with Gasteiger partial charge in [0, 0.05) is 29.6 Å². The van der Waals surface area contributed by atoms with Crippen molar-refractivity contribution in [2.75, 3.05) is 17.2 Å². The summed E-state index contributed by atoms with van der Waals surface area (Å²) in [6.07, 6.45) is 2.56. The molecule has 210 valence electrons. The predicted octanol–water partition coefficient (Wildman–Crippen LogP) is 3.88. The van der Waals surface area contributed by atoms with E-state index in [4.69, 9.17) is 0 Å². The smallest absolute Gasteiger partial charge is 0.325 e. The monoisotopic (exact) mass is 559 g/mol. The van der Waals surface area contributed by atoms with E-state index in [0.717, 1.165) is 38.6 Å². The van der Waals surface area contributed by atoms with E-state index in [1.807, 2.05) is 12.1 Å². The van der Waals surface area contributed by atoms with Gasteiger partial charge in [-0.3, -0.25) is 24.2 Å². The lowest BCUT2D eigenvalue weighted by molar-refractivity contribution is -0.134. The van der Waals surface area contributed by atoms with Crippen LogP contribution in [-0.2, 0) is 38.2 Å². The van der Waals surface area contributed by atoms with Gasteiger partial charge in [0.25, 0.3) is 5.91 Å². The number of halogens is 2. The van der Waals surface area contributed by atoms with Crippen LogP contribution in [0, 0.1) is 11.6 Å². The Bertz CT molecular complexity index is 1640. The normalized spacial score (nSPS) is 22.9. The van der Waals surface area contributed by atoms with E-state index in [1.54, 1.807) is 38.2 Å². The van der Waals surface area contributed by atoms with Gasteiger partial charge in [-0.05, 0) is 80.6 Å². The van der Waals surface area contributed by atoms with E-state index in [9.17, 15) is 28.0 Å². The van der Waals surface area contributed by atoms with Crippen LogP contribution < -0.4 is 10.6 Å². The van der Waals surface area contributed by atoms with Crippen LogP contribution in [0.5, 0.6) is 0 Å². The van der Waals surface area contributed by atoms with Crippen LogP contribution in [0.3, 0.4) is 0 Å². The molecule has 0 saturated carbocycles. The number of carbonyl (C=O) groups excluding carboxylic acids is 4. The number of hydrogen-bond acceptors (Lipinski definition) is 5. The van der Waals surface area contributed by atoms with Crippen LogP contribution in [0.25, 0.3) is 0 Å². The van der Waals surface area contributed by atoms with Gasteiger partial charge in [0.05, 0.1) is 5.41 Å². The zero-order chi connectivity index (χ0) is 29.3. The Balaban J connectivity index is 1.26. The van der Waals surface area contributed by atoms with E-state index >= 15 is 0 Å². The minimum Gasteiger partial charge on any atom is -0.325 e. The first-order chi connectivity index (χ1) is 19.4. The molecule has 0 bridgehead atoms. The molecule has 3 aromatic rings. The standard InChI is InChI=1S/C30H27F2N5O4/c1-16(2)37-27(40)29(3,19-10-20(31)12-21(32)11-19)36(28(37)41)15-24(38)34-22-7-6-17-13-30(14-18(17)9-22)23-5-4-8-33-25(23)35-26(30)39/h4-12,16H,13-15H2,1-3H3,(H,34,38)(H,33,35,39)/t29?,30-/m1/s1. The zero-order valence-corrected chi connectivity index (χ0v) is 22.6. The second-order valence-corrected chi connectivity index (χ2v) is 11.2. The number of nitrogens with one attached hydrogen (secondary N) is 2. The summed E-state index contributed by atoms with van der Waals surface area (Å²) in [4.78, 5) is 59.4. The van der Waals surface area contributed by atoms with Gasteiger partial charge in [0.15, 0.2) is 0 Å². The average Bonchev–Trinajstić information content (AvgIpc) is 3.48. The first kappa shape index (κ1) is 26.5. The summed E-state index contributed by atoms with van der Waals surface area (Å²) in [5, 5.41) is 5.64. The van der Waals surface area contributed by atoms with E-state index in [-0.39, 0.29) is 11.5 Å². The molecule has 3 heterocycles. The Kier molecular flexibility index (Phi) is 5.95. The lowest BCUT2D eigenvalue weighted by Gasteiger charge is -2.31. The molecule has 2 aromatic carbocycles. The van der Waals surface area contributed by atoms with Gasteiger partial charge in [-0.2, -0.15) is 0 Å². The maximum Gasteiger partial charge on any atom is 0.328 e. The van der Waals surface area contributed by atoms with Crippen molar-refractivity contribution in [1.82, 2.24) is 14.8 Å². The SMILES string of the molecule is CC(C)N1C(=O)N(CC(=O)Nc2ccc3c(c2)C[C@@]2(C3)C(=O)Nc3ncccc32)C(C)(c2cc(F)cc(F)c2)C1=O. The zero-order valence-electron chi connectivity index (χ0n) is 22.6. The van der Waals surface area contributed by atoms with E-state index in [2.05, 4.69) is 15.6 Å². The van der Waals surface area contributed by atoms with Crippen LogP contribution >= 0.6 is 0 Å². The first-order valence-corrected chi connectivity index (χ1v) is 13.2. The van der Waals surface area contributed by atoms with Crippen LogP contribution in [0.15, 0.2) is 54.7 Å². The molecule has 41 heavy (non-hydrogen) atoms. The van der Waals surface area contributed by atoms with Crippen LogP contribution in [0.1, 0.15) is 43.0 Å². The number of hydrogen-bond donors (Lipinski definition) is 2. The van der Waals surface area contributed by atoms with Crippen LogP contribution in [-0.4, -0.2) is 51.1 Å². The summed E-state index contributed by atoms with van der Waals surface area (Å²) in [6.45, 7) is 4.13. The lowest BCUT2D eigenvalue weighted by atomic mass is 9.79. The summed E-state index contributed by atoms with van der Waals surface area (Å²) in [5.74, 6) is -2.64. The molecule has 1 unspecified atom stereocenters. The molecule has 9 nitrogen and oxygen atoms in total. The fraction of sp³-hybridized carbons (Fsp3) is 0.300. The molecule has 11 heteroatoms. The quantitative estimate of drug-likeness (QED) is 0.461. The highest BCUT2D eigenvalue weighted by atomic mass is 19.1. The first-order valence-electron chi connectivity index (χ1n) is 13.2. The number of carbonyl (C=O) groups is 4. The third-order valence-corrected chi connectivity index (χ3v) is 8.32. The minimum absolute atomic E-state index is 0.0725. The number of fused-ring (bicyclic) bond motifs is 3. The predicted molar refractivity (Wildman–Crippen MR) is 145 cm³/mol. The van der Waals surface area contributed by atoms with Gasteiger partial charge in [-0.1, -0.05) is 12.1 Å². The summed E-state index contributed by atoms with van der Waals surface area (Å²) in [7, 11) is 0. The molecule has 2 N–H and O–H groups in total. The average molecular weight is 560 g/mol. The summed E-state index contributed by atoms with van der Waals surface area (Å²) in [5.41, 5.74) is 0.524. The molecule has 1 saturated heterocycles. The van der Waals surface area contributed by atoms with Crippen molar-refractivity contribution in [2.45, 2.75) is 50.6 Å².